The lowest BCUT2D eigenvalue weighted by atomic mass is 10.2. The fourth-order valence-corrected chi connectivity index (χ4v) is 2.55. The van der Waals surface area contributed by atoms with Gasteiger partial charge in [-0.05, 0) is 31.5 Å². The molecule has 0 saturated heterocycles. The van der Waals surface area contributed by atoms with E-state index in [1.54, 1.807) is 19.2 Å². The summed E-state index contributed by atoms with van der Waals surface area (Å²) in [5.41, 5.74) is 0.474. The molecule has 0 aliphatic rings. The number of nitrogens with zero attached hydrogens (tertiary/aromatic N) is 4. The molecule has 0 bridgehead atoms. The molecule has 0 atom stereocenters. The molecule has 1 heterocycles. The molecule has 2 aromatic rings. The fourth-order valence-electron chi connectivity index (χ4n) is 2.55. The Morgan fingerprint density at radius 3 is 2.61 bits per heavy atom. The number of guanidine groups is 1. The Bertz CT molecular complexity index is 835. The number of methoxy groups -OCH3 is 2. The molecule has 9 nitrogen and oxygen atoms in total. The van der Waals surface area contributed by atoms with Gasteiger partial charge in [-0.2, -0.15) is 8.78 Å². The van der Waals surface area contributed by atoms with E-state index in [4.69, 9.17) is 9.47 Å². The third-order valence-corrected chi connectivity index (χ3v) is 4.31. The van der Waals surface area contributed by atoms with Gasteiger partial charge in [-0.25, -0.2) is 4.99 Å². The predicted molar refractivity (Wildman–Crippen MR) is 123 cm³/mol. The van der Waals surface area contributed by atoms with Gasteiger partial charge in [0.05, 0.1) is 20.2 Å². The highest BCUT2D eigenvalue weighted by Gasteiger charge is 2.12. The minimum absolute atomic E-state index is 0. The lowest BCUT2D eigenvalue weighted by Crippen LogP contribution is -2.38. The Hall–Kier alpha value is -2.22. The maximum absolute atomic E-state index is 12.7. The number of benzene rings is 1. The van der Waals surface area contributed by atoms with E-state index in [1.165, 1.54) is 13.2 Å². The molecule has 0 spiro atoms. The first kappa shape index (κ1) is 26.8. The van der Waals surface area contributed by atoms with E-state index in [0.717, 1.165) is 18.1 Å². The molecule has 0 aliphatic carbocycles. The first-order valence-corrected chi connectivity index (χ1v) is 9.42. The van der Waals surface area contributed by atoms with Crippen LogP contribution in [0.4, 0.5) is 8.78 Å². The van der Waals surface area contributed by atoms with Crippen molar-refractivity contribution in [2.75, 3.05) is 27.4 Å². The zero-order valence-corrected chi connectivity index (χ0v) is 20.4. The zero-order chi connectivity index (χ0) is 21.9. The van der Waals surface area contributed by atoms with E-state index < -0.39 is 6.61 Å². The second-order valence-electron chi connectivity index (χ2n) is 6.37. The summed E-state index contributed by atoms with van der Waals surface area (Å²) in [6, 6.07) is 4.62. The smallest absolute Gasteiger partial charge is 0.387 e. The largest absolute Gasteiger partial charge is 0.497 e. The van der Waals surface area contributed by atoms with Gasteiger partial charge in [-0.1, -0.05) is 0 Å². The Morgan fingerprint density at radius 2 is 2.00 bits per heavy atom. The number of hydrogen-bond donors (Lipinski definition) is 2. The zero-order valence-electron chi connectivity index (χ0n) is 18.0. The van der Waals surface area contributed by atoms with E-state index in [0.29, 0.717) is 37.0 Å². The summed E-state index contributed by atoms with van der Waals surface area (Å²) < 4.78 is 42.2. The molecule has 0 aliphatic heterocycles. The van der Waals surface area contributed by atoms with Gasteiger partial charge in [0.25, 0.3) is 0 Å². The van der Waals surface area contributed by atoms with Gasteiger partial charge >= 0.3 is 6.61 Å². The normalized spacial score (nSPS) is 11.3. The van der Waals surface area contributed by atoms with Crippen LogP contribution in [0.2, 0.25) is 0 Å². The van der Waals surface area contributed by atoms with E-state index >= 15 is 0 Å². The summed E-state index contributed by atoms with van der Waals surface area (Å²) in [5, 5.41) is 14.5. The molecule has 2 rings (SSSR count). The maximum atomic E-state index is 12.7. The summed E-state index contributed by atoms with van der Waals surface area (Å²) >= 11 is 0. The van der Waals surface area contributed by atoms with Crippen molar-refractivity contribution in [2.24, 2.45) is 12.0 Å². The molecular formula is C19H29F2IN6O3. The molecule has 31 heavy (non-hydrogen) atoms. The number of aryl methyl sites for hydroxylation is 1. The lowest BCUT2D eigenvalue weighted by molar-refractivity contribution is -0.0504. The number of halogens is 3. The molecule has 0 saturated carbocycles. The van der Waals surface area contributed by atoms with Gasteiger partial charge in [0.2, 0.25) is 0 Å². The van der Waals surface area contributed by atoms with Crippen molar-refractivity contribution in [1.29, 1.82) is 0 Å². The van der Waals surface area contributed by atoms with E-state index in [9.17, 15) is 8.78 Å². The lowest BCUT2D eigenvalue weighted by Gasteiger charge is -2.14. The van der Waals surface area contributed by atoms with Gasteiger partial charge in [-0.3, -0.25) is 0 Å². The second-order valence-corrected chi connectivity index (χ2v) is 6.37. The highest BCUT2D eigenvalue weighted by atomic mass is 127. The second kappa shape index (κ2) is 14.0. The SMILES string of the molecule is COCCCNC(=NCc1cc(OC)ccc1OC(F)F)NCc1nnc(C)n1C.I. The molecular weight excluding hydrogens is 525 g/mol. The number of hydrogen-bond acceptors (Lipinski definition) is 6. The van der Waals surface area contributed by atoms with Crippen molar-refractivity contribution in [3.8, 4) is 11.5 Å². The number of rotatable bonds is 11. The average molecular weight is 554 g/mol. The predicted octanol–water partition coefficient (Wildman–Crippen LogP) is 2.62. The average Bonchev–Trinajstić information content (AvgIpc) is 3.05. The van der Waals surface area contributed by atoms with Crippen LogP contribution in [0.3, 0.4) is 0 Å². The molecule has 0 fully saturated rings. The topological polar surface area (TPSA) is 94.8 Å². The van der Waals surface area contributed by atoms with E-state index in [1.807, 2.05) is 18.5 Å². The molecule has 1 aromatic carbocycles. The van der Waals surface area contributed by atoms with Crippen LogP contribution < -0.4 is 20.1 Å². The van der Waals surface area contributed by atoms with Crippen molar-refractivity contribution in [3.63, 3.8) is 0 Å². The molecule has 0 amide bonds. The molecule has 0 radical (unpaired) electrons. The van der Waals surface area contributed by atoms with Crippen molar-refractivity contribution < 1.29 is 23.0 Å². The Kier molecular flexibility index (Phi) is 12.1. The summed E-state index contributed by atoms with van der Waals surface area (Å²) in [4.78, 5) is 4.50. The summed E-state index contributed by atoms with van der Waals surface area (Å²) in [6.45, 7) is 0.663. The minimum Gasteiger partial charge on any atom is -0.497 e. The third kappa shape index (κ3) is 8.81. The van der Waals surface area contributed by atoms with Crippen LogP contribution in [0.5, 0.6) is 11.5 Å². The molecule has 2 N–H and O–H groups in total. The standard InChI is InChI=1S/C19H28F2N6O3.HI/c1-13-25-26-17(27(13)2)12-24-19(22-8-5-9-28-3)23-11-14-10-15(29-4)6-7-16(14)30-18(20)21;/h6-7,10,18H,5,8-9,11-12H2,1-4H3,(H2,22,23,24);1H. The number of ether oxygens (including phenoxy) is 3. The van der Waals surface area contributed by atoms with Crippen LogP contribution in [0, 0.1) is 6.92 Å². The van der Waals surface area contributed by atoms with E-state index in [-0.39, 0.29) is 36.3 Å². The monoisotopic (exact) mass is 554 g/mol. The van der Waals surface area contributed by atoms with Gasteiger partial charge in [-0.15, -0.1) is 34.2 Å². The van der Waals surface area contributed by atoms with Crippen LogP contribution >= 0.6 is 24.0 Å². The van der Waals surface area contributed by atoms with Crippen molar-refractivity contribution in [1.82, 2.24) is 25.4 Å². The summed E-state index contributed by atoms with van der Waals surface area (Å²) in [6.07, 6.45) is 0.777. The van der Waals surface area contributed by atoms with Crippen LogP contribution in [0.15, 0.2) is 23.2 Å². The van der Waals surface area contributed by atoms with Gasteiger partial charge < -0.3 is 29.4 Å². The Labute approximate surface area is 197 Å². The number of alkyl halides is 2. The number of aromatic nitrogens is 3. The fraction of sp³-hybridized carbons (Fsp3) is 0.526. The summed E-state index contributed by atoms with van der Waals surface area (Å²) in [7, 11) is 5.01. The van der Waals surface area contributed by atoms with Crippen LogP contribution in [0.1, 0.15) is 23.6 Å². The first-order valence-electron chi connectivity index (χ1n) is 9.42. The van der Waals surface area contributed by atoms with Crippen LogP contribution in [-0.4, -0.2) is 54.7 Å². The first-order chi connectivity index (χ1) is 14.4. The highest BCUT2D eigenvalue weighted by molar-refractivity contribution is 14.0. The molecule has 0 unspecified atom stereocenters. The van der Waals surface area contributed by atoms with Crippen molar-refractivity contribution >= 4 is 29.9 Å². The van der Waals surface area contributed by atoms with Gasteiger partial charge in [0, 0.05) is 32.9 Å². The van der Waals surface area contributed by atoms with Crippen LogP contribution in [0.25, 0.3) is 0 Å². The maximum Gasteiger partial charge on any atom is 0.387 e. The third-order valence-electron chi connectivity index (χ3n) is 4.31. The summed E-state index contributed by atoms with van der Waals surface area (Å²) in [5.74, 6) is 2.61. The van der Waals surface area contributed by atoms with Crippen molar-refractivity contribution in [2.45, 2.75) is 33.0 Å². The van der Waals surface area contributed by atoms with E-state index in [2.05, 4.69) is 30.6 Å². The molecule has 174 valence electrons. The highest BCUT2D eigenvalue weighted by Crippen LogP contribution is 2.26. The van der Waals surface area contributed by atoms with Gasteiger partial charge in [0.15, 0.2) is 11.8 Å². The molecule has 1 aromatic heterocycles. The minimum atomic E-state index is -2.93. The Balaban J connectivity index is 0.00000480. The number of nitrogens with one attached hydrogen (secondary N) is 2. The molecule has 12 heteroatoms. The quantitative estimate of drug-likeness (QED) is 0.191. The van der Waals surface area contributed by atoms with Crippen molar-refractivity contribution in [3.05, 3.63) is 35.4 Å². The van der Waals surface area contributed by atoms with Crippen LogP contribution in [-0.2, 0) is 24.9 Å². The number of aliphatic imine (C=N–C) groups is 1. The van der Waals surface area contributed by atoms with Gasteiger partial charge in [0.1, 0.15) is 17.3 Å². The Morgan fingerprint density at radius 1 is 1.23 bits per heavy atom.